The highest BCUT2D eigenvalue weighted by Gasteiger charge is 2.40. The minimum atomic E-state index is -4.76. The second-order valence-corrected chi connectivity index (χ2v) is 13.8. The number of hydrogen-bond donors (Lipinski definition) is 4. The summed E-state index contributed by atoms with van der Waals surface area (Å²) in [6, 6.07) is 9.61. The number of benzene rings is 1. The number of halogens is 3. The van der Waals surface area contributed by atoms with Gasteiger partial charge in [0.15, 0.2) is 0 Å². The van der Waals surface area contributed by atoms with Crippen LogP contribution in [0.2, 0.25) is 0 Å². The zero-order chi connectivity index (χ0) is 35.4. The number of urea groups is 1. The maximum Gasteiger partial charge on any atom is 0.451 e. The molecule has 2 saturated heterocycles. The Hall–Kier alpha value is -4.21. The Morgan fingerprint density at radius 2 is 1.63 bits per heavy atom. The first kappa shape index (κ1) is 37.6. The van der Waals surface area contributed by atoms with Crippen LogP contribution in [0.4, 0.5) is 29.6 Å². The van der Waals surface area contributed by atoms with E-state index in [4.69, 9.17) is 10.00 Å². The van der Waals surface area contributed by atoms with Crippen molar-refractivity contribution in [3.63, 3.8) is 0 Å². The van der Waals surface area contributed by atoms with Gasteiger partial charge in [0.1, 0.15) is 17.7 Å². The molecule has 14 nitrogen and oxygen atoms in total. The summed E-state index contributed by atoms with van der Waals surface area (Å²) >= 11 is 0. The number of anilines is 2. The number of amides is 3. The molecule has 1 unspecified atom stereocenters. The van der Waals surface area contributed by atoms with Crippen LogP contribution < -0.4 is 30.5 Å². The lowest BCUT2D eigenvalue weighted by Gasteiger charge is -2.41. The minimum absolute atomic E-state index is 0.0594. The number of carbonyl (C=O) groups is 2. The molecule has 49 heavy (non-hydrogen) atoms. The number of rotatable bonds is 16. The largest absolute Gasteiger partial charge is 0.451 e. The molecular formula is C31H42F3N9O5S. The maximum atomic E-state index is 13.9. The number of nitriles is 1. The predicted molar refractivity (Wildman–Crippen MR) is 175 cm³/mol. The number of ether oxygens (including phenoxy) is 1. The van der Waals surface area contributed by atoms with E-state index in [1.165, 1.54) is 6.07 Å². The second-order valence-electron chi connectivity index (χ2n) is 11.9. The molecular weight excluding hydrogens is 667 g/mol. The number of aromatic nitrogens is 2. The fourth-order valence-corrected chi connectivity index (χ4v) is 5.98. The molecule has 1 aromatic heterocycles. The first-order valence-electron chi connectivity index (χ1n) is 16.1. The van der Waals surface area contributed by atoms with Crippen LogP contribution in [0.1, 0.15) is 42.6 Å². The van der Waals surface area contributed by atoms with E-state index in [1.807, 2.05) is 12.1 Å². The summed E-state index contributed by atoms with van der Waals surface area (Å²) < 4.78 is 71.1. The van der Waals surface area contributed by atoms with Gasteiger partial charge in [-0.25, -0.2) is 27.9 Å². The standard InChI is InChI=1S/C31H42F3N9O5S/c1-49(46,47)39-14-19-48-18-13-38-30(45)37-12-7-23-8-15-42(16-9-23)26-20-27(41-29(40-26)31(32,33)34)43-17-10-25(43)28(44)36-11-6-22-2-4-24(21-35)5-3-22/h2-5,20,23,25,39H,6-19H2,1H3,(H,36,44)(H2,37,38,45). The third-order valence-electron chi connectivity index (χ3n) is 8.28. The maximum absolute atomic E-state index is 13.9. The Bertz CT molecular complexity index is 1560. The van der Waals surface area contributed by atoms with Crippen LogP contribution >= 0.6 is 0 Å². The van der Waals surface area contributed by atoms with Crippen LogP contribution in [-0.2, 0) is 32.2 Å². The Balaban J connectivity index is 1.21. The Labute approximate surface area is 283 Å². The van der Waals surface area contributed by atoms with Crippen molar-refractivity contribution < 1.29 is 35.9 Å². The molecule has 0 aliphatic carbocycles. The lowest BCUT2D eigenvalue weighted by atomic mass is 9.93. The first-order valence-corrected chi connectivity index (χ1v) is 18.0. The molecule has 1 atom stereocenters. The lowest BCUT2D eigenvalue weighted by molar-refractivity contribution is -0.144. The van der Waals surface area contributed by atoms with Gasteiger partial charge in [0.25, 0.3) is 0 Å². The normalized spacial score (nSPS) is 16.8. The summed E-state index contributed by atoms with van der Waals surface area (Å²) in [6.45, 7) is 2.94. The molecule has 3 amide bonds. The smallest absolute Gasteiger partial charge is 0.378 e. The third-order valence-corrected chi connectivity index (χ3v) is 9.01. The van der Waals surface area contributed by atoms with Gasteiger partial charge >= 0.3 is 12.2 Å². The van der Waals surface area contributed by atoms with Crippen molar-refractivity contribution >= 4 is 33.6 Å². The molecule has 2 aliphatic rings. The van der Waals surface area contributed by atoms with Crippen LogP contribution in [0.3, 0.4) is 0 Å². The van der Waals surface area contributed by atoms with E-state index >= 15 is 0 Å². The van der Waals surface area contributed by atoms with E-state index < -0.39 is 28.1 Å². The molecule has 0 bridgehead atoms. The van der Waals surface area contributed by atoms with Crippen LogP contribution in [-0.4, -0.2) is 102 Å². The molecule has 1 aromatic carbocycles. The Morgan fingerprint density at radius 1 is 0.959 bits per heavy atom. The van der Waals surface area contributed by atoms with Crippen molar-refractivity contribution in [2.75, 3.05) is 75.1 Å². The molecule has 0 saturated carbocycles. The van der Waals surface area contributed by atoms with Crippen molar-refractivity contribution in [3.05, 3.63) is 47.3 Å². The minimum Gasteiger partial charge on any atom is -0.378 e. The Kier molecular flexibility index (Phi) is 13.4. The number of piperidine rings is 1. The predicted octanol–water partition coefficient (Wildman–Crippen LogP) is 1.78. The van der Waals surface area contributed by atoms with E-state index in [0.29, 0.717) is 70.4 Å². The monoisotopic (exact) mass is 709 g/mol. The number of nitrogens with zero attached hydrogens (tertiary/aromatic N) is 5. The molecule has 268 valence electrons. The lowest BCUT2D eigenvalue weighted by Crippen LogP contribution is -2.57. The molecule has 0 radical (unpaired) electrons. The highest BCUT2D eigenvalue weighted by atomic mass is 32.2. The van der Waals surface area contributed by atoms with Crippen molar-refractivity contribution in [2.24, 2.45) is 5.92 Å². The molecule has 4 N–H and O–H groups in total. The molecule has 2 fully saturated rings. The average Bonchev–Trinajstić information content (AvgIpc) is 3.03. The van der Waals surface area contributed by atoms with E-state index in [0.717, 1.165) is 11.8 Å². The highest BCUT2D eigenvalue weighted by molar-refractivity contribution is 7.88. The Morgan fingerprint density at radius 3 is 2.27 bits per heavy atom. The molecule has 3 heterocycles. The van der Waals surface area contributed by atoms with Crippen molar-refractivity contribution in [1.82, 2.24) is 30.6 Å². The number of alkyl halides is 3. The summed E-state index contributed by atoms with van der Waals surface area (Å²) in [5.41, 5.74) is 1.49. The molecule has 4 rings (SSSR count). The van der Waals surface area contributed by atoms with Crippen LogP contribution in [0.15, 0.2) is 30.3 Å². The van der Waals surface area contributed by atoms with Gasteiger partial charge in [0, 0.05) is 51.9 Å². The van der Waals surface area contributed by atoms with Crippen LogP contribution in [0.5, 0.6) is 0 Å². The van der Waals surface area contributed by atoms with E-state index in [1.54, 1.807) is 21.9 Å². The summed E-state index contributed by atoms with van der Waals surface area (Å²) in [7, 11) is -3.27. The highest BCUT2D eigenvalue weighted by Crippen LogP contribution is 2.34. The summed E-state index contributed by atoms with van der Waals surface area (Å²) in [5, 5.41) is 17.2. The molecule has 18 heteroatoms. The summed E-state index contributed by atoms with van der Waals surface area (Å²) in [6.07, 6.45) is -0.570. The quantitative estimate of drug-likeness (QED) is 0.188. The zero-order valence-corrected chi connectivity index (χ0v) is 28.1. The zero-order valence-electron chi connectivity index (χ0n) is 27.3. The molecule has 2 aliphatic heterocycles. The van der Waals surface area contributed by atoms with Gasteiger partial charge in [-0.05, 0) is 55.7 Å². The van der Waals surface area contributed by atoms with Gasteiger partial charge in [-0.15, -0.1) is 0 Å². The van der Waals surface area contributed by atoms with Gasteiger partial charge < -0.3 is 30.5 Å². The van der Waals surface area contributed by atoms with E-state index in [2.05, 4.69) is 36.7 Å². The second kappa shape index (κ2) is 17.4. The van der Waals surface area contributed by atoms with Gasteiger partial charge in [-0.1, -0.05) is 12.1 Å². The fraction of sp³-hybridized carbons (Fsp3) is 0.581. The van der Waals surface area contributed by atoms with E-state index in [-0.39, 0.29) is 55.8 Å². The van der Waals surface area contributed by atoms with Crippen molar-refractivity contribution in [3.8, 4) is 6.07 Å². The van der Waals surface area contributed by atoms with E-state index in [9.17, 15) is 31.2 Å². The molecule has 2 aromatic rings. The third kappa shape index (κ3) is 12.0. The van der Waals surface area contributed by atoms with Gasteiger partial charge in [-0.2, -0.15) is 18.4 Å². The summed E-state index contributed by atoms with van der Waals surface area (Å²) in [4.78, 5) is 36.0. The number of carbonyl (C=O) groups excluding carboxylic acids is 2. The van der Waals surface area contributed by atoms with Crippen molar-refractivity contribution in [1.29, 1.82) is 5.26 Å². The van der Waals surface area contributed by atoms with Gasteiger partial charge in [0.05, 0.1) is 31.1 Å². The van der Waals surface area contributed by atoms with Crippen LogP contribution in [0.25, 0.3) is 0 Å². The number of hydrogen-bond acceptors (Lipinski definition) is 10. The van der Waals surface area contributed by atoms with Gasteiger partial charge in [-0.3, -0.25) is 4.79 Å². The van der Waals surface area contributed by atoms with Crippen molar-refractivity contribution in [2.45, 2.75) is 44.3 Å². The fourth-order valence-electron chi connectivity index (χ4n) is 5.53. The summed E-state index contributed by atoms with van der Waals surface area (Å²) in [5.74, 6) is -1.05. The molecule has 0 spiro atoms. The number of nitrogens with one attached hydrogen (secondary N) is 4. The number of sulfonamides is 1. The van der Waals surface area contributed by atoms with Crippen LogP contribution in [0, 0.1) is 17.2 Å². The van der Waals surface area contributed by atoms with Gasteiger partial charge in [0.2, 0.25) is 21.8 Å². The topological polar surface area (TPSA) is 182 Å². The SMILES string of the molecule is CS(=O)(=O)NCCOCCNC(=O)NCCC1CCN(c2cc(N3CCC3C(=O)NCCc3ccc(C#N)cc3)nc(C(F)(F)F)n2)CC1. The average molecular weight is 710 g/mol. The first-order chi connectivity index (χ1) is 23.3.